The number of carbonyl (C=O) groups is 1. The van der Waals surface area contributed by atoms with Crippen LogP contribution in [0.5, 0.6) is 0 Å². The van der Waals surface area contributed by atoms with Crippen molar-refractivity contribution in [1.82, 2.24) is 19.7 Å². The Balaban J connectivity index is 1.48. The number of benzene rings is 1. The maximum Gasteiger partial charge on any atom is 0.273 e. The number of hydrogen-bond donors (Lipinski definition) is 2. The van der Waals surface area contributed by atoms with Gasteiger partial charge in [0.2, 0.25) is 0 Å². The predicted octanol–water partition coefficient (Wildman–Crippen LogP) is 3.37. The van der Waals surface area contributed by atoms with Crippen molar-refractivity contribution in [1.29, 1.82) is 0 Å². The number of aryl methyl sites for hydroxylation is 1. The average molecular weight is 331 g/mol. The molecule has 3 heterocycles. The molecule has 0 radical (unpaired) electrons. The average Bonchev–Trinajstić information content (AvgIpc) is 3.22. The van der Waals surface area contributed by atoms with E-state index in [2.05, 4.69) is 20.4 Å². The Hall–Kier alpha value is -3.41. The van der Waals surface area contributed by atoms with Crippen LogP contribution in [0.2, 0.25) is 0 Å². The minimum atomic E-state index is -0.206. The topological polar surface area (TPSA) is 75.6 Å². The fourth-order valence-electron chi connectivity index (χ4n) is 2.74. The molecule has 0 spiro atoms. The number of aromatic amines is 1. The standard InChI is InChI=1S/C19H17N5O/c1-13-2-3-15-11-17(21-16(15)10-13)19(25)22-18-6-9-24(23-18)12-14-4-7-20-8-5-14/h2-11,21H,12H2,1H3,(H,22,23,25). The van der Waals surface area contributed by atoms with Crippen molar-refractivity contribution in [2.75, 3.05) is 5.32 Å². The second-order valence-electron chi connectivity index (χ2n) is 5.98. The highest BCUT2D eigenvalue weighted by Crippen LogP contribution is 2.17. The second kappa shape index (κ2) is 6.24. The summed E-state index contributed by atoms with van der Waals surface area (Å²) in [5.74, 6) is 0.317. The zero-order valence-corrected chi connectivity index (χ0v) is 13.7. The van der Waals surface area contributed by atoms with Gasteiger partial charge in [-0.05, 0) is 42.3 Å². The molecule has 2 N–H and O–H groups in total. The molecule has 0 aliphatic rings. The number of fused-ring (bicyclic) bond motifs is 1. The molecule has 0 fully saturated rings. The number of nitrogens with zero attached hydrogens (tertiary/aromatic N) is 3. The van der Waals surface area contributed by atoms with E-state index in [-0.39, 0.29) is 5.91 Å². The smallest absolute Gasteiger partial charge is 0.273 e. The van der Waals surface area contributed by atoms with Gasteiger partial charge in [0, 0.05) is 35.6 Å². The molecule has 1 amide bonds. The number of pyridine rings is 1. The van der Waals surface area contributed by atoms with E-state index in [0.29, 0.717) is 18.1 Å². The molecule has 0 atom stereocenters. The van der Waals surface area contributed by atoms with Gasteiger partial charge in [-0.1, -0.05) is 12.1 Å². The number of rotatable bonds is 4. The molecule has 25 heavy (non-hydrogen) atoms. The number of carbonyl (C=O) groups excluding carboxylic acids is 1. The maximum absolute atomic E-state index is 12.4. The van der Waals surface area contributed by atoms with Gasteiger partial charge >= 0.3 is 0 Å². The number of hydrogen-bond acceptors (Lipinski definition) is 3. The van der Waals surface area contributed by atoms with Crippen molar-refractivity contribution >= 4 is 22.6 Å². The highest BCUT2D eigenvalue weighted by Gasteiger charge is 2.11. The van der Waals surface area contributed by atoms with Crippen molar-refractivity contribution in [3.63, 3.8) is 0 Å². The first-order chi connectivity index (χ1) is 12.2. The zero-order valence-electron chi connectivity index (χ0n) is 13.7. The molecule has 4 rings (SSSR count). The molecule has 0 aliphatic carbocycles. The molecule has 0 aliphatic heterocycles. The SMILES string of the molecule is Cc1ccc2cc(C(=O)Nc3ccn(Cc4ccncc4)n3)[nH]c2c1. The van der Waals surface area contributed by atoms with E-state index in [1.54, 1.807) is 23.1 Å². The summed E-state index contributed by atoms with van der Waals surface area (Å²) in [6.45, 7) is 2.65. The molecule has 0 saturated heterocycles. The van der Waals surface area contributed by atoms with Gasteiger partial charge in [0.05, 0.1) is 6.54 Å². The first kappa shape index (κ1) is 15.1. The van der Waals surface area contributed by atoms with Gasteiger partial charge in [0.25, 0.3) is 5.91 Å². The lowest BCUT2D eigenvalue weighted by Gasteiger charge is -2.02. The zero-order chi connectivity index (χ0) is 17.2. The maximum atomic E-state index is 12.4. The third-order valence-corrected chi connectivity index (χ3v) is 4.00. The molecule has 124 valence electrons. The van der Waals surface area contributed by atoms with Crippen molar-refractivity contribution in [2.24, 2.45) is 0 Å². The Morgan fingerprint density at radius 3 is 2.84 bits per heavy atom. The van der Waals surface area contributed by atoms with Crippen LogP contribution >= 0.6 is 0 Å². The highest BCUT2D eigenvalue weighted by molar-refractivity contribution is 6.05. The van der Waals surface area contributed by atoms with E-state index >= 15 is 0 Å². The monoisotopic (exact) mass is 331 g/mol. The lowest BCUT2D eigenvalue weighted by Crippen LogP contribution is -2.13. The van der Waals surface area contributed by atoms with Gasteiger partial charge < -0.3 is 10.3 Å². The number of anilines is 1. The van der Waals surface area contributed by atoms with Gasteiger partial charge in [-0.3, -0.25) is 14.5 Å². The van der Waals surface area contributed by atoms with Crippen LogP contribution in [0, 0.1) is 6.92 Å². The fourth-order valence-corrected chi connectivity index (χ4v) is 2.74. The third-order valence-electron chi connectivity index (χ3n) is 4.00. The van der Waals surface area contributed by atoms with E-state index in [1.165, 1.54) is 0 Å². The predicted molar refractivity (Wildman–Crippen MR) is 96.6 cm³/mol. The van der Waals surface area contributed by atoms with E-state index in [1.807, 2.05) is 49.5 Å². The van der Waals surface area contributed by atoms with Crippen LogP contribution in [-0.4, -0.2) is 25.7 Å². The Kier molecular flexibility index (Phi) is 3.78. The first-order valence-corrected chi connectivity index (χ1v) is 8.00. The molecule has 3 aromatic heterocycles. The molecule has 0 saturated carbocycles. The number of aromatic nitrogens is 4. The van der Waals surface area contributed by atoms with Gasteiger partial charge in [-0.15, -0.1) is 0 Å². The molecule has 0 bridgehead atoms. The molecular formula is C19H17N5O. The van der Waals surface area contributed by atoms with Crippen molar-refractivity contribution in [3.8, 4) is 0 Å². The van der Waals surface area contributed by atoms with Crippen molar-refractivity contribution in [2.45, 2.75) is 13.5 Å². The normalized spacial score (nSPS) is 10.9. The number of amides is 1. The summed E-state index contributed by atoms with van der Waals surface area (Å²) in [4.78, 5) is 19.6. The van der Waals surface area contributed by atoms with E-state index in [9.17, 15) is 4.79 Å². The number of H-pyrrole nitrogens is 1. The van der Waals surface area contributed by atoms with Crippen molar-refractivity contribution in [3.05, 3.63) is 77.9 Å². The van der Waals surface area contributed by atoms with Gasteiger partial charge in [-0.25, -0.2) is 0 Å². The van der Waals surface area contributed by atoms with Crippen LogP contribution in [0.4, 0.5) is 5.82 Å². The van der Waals surface area contributed by atoms with Crippen LogP contribution in [0.1, 0.15) is 21.6 Å². The second-order valence-corrected chi connectivity index (χ2v) is 5.98. The molecule has 1 aromatic carbocycles. The van der Waals surface area contributed by atoms with Crippen LogP contribution in [0.15, 0.2) is 61.1 Å². The van der Waals surface area contributed by atoms with Crippen LogP contribution < -0.4 is 5.32 Å². The van der Waals surface area contributed by atoms with Crippen LogP contribution in [0.25, 0.3) is 10.9 Å². The Bertz CT molecular complexity index is 1030. The lowest BCUT2D eigenvalue weighted by molar-refractivity contribution is 0.102. The molecule has 4 aromatic rings. The number of nitrogens with one attached hydrogen (secondary N) is 2. The third kappa shape index (κ3) is 3.28. The summed E-state index contributed by atoms with van der Waals surface area (Å²) < 4.78 is 1.78. The van der Waals surface area contributed by atoms with E-state index in [4.69, 9.17) is 0 Å². The van der Waals surface area contributed by atoms with Gasteiger partial charge in [-0.2, -0.15) is 5.10 Å². The Morgan fingerprint density at radius 1 is 1.16 bits per heavy atom. The largest absolute Gasteiger partial charge is 0.351 e. The molecule has 0 unspecified atom stereocenters. The Labute approximate surface area is 144 Å². The van der Waals surface area contributed by atoms with Crippen LogP contribution in [0.3, 0.4) is 0 Å². The van der Waals surface area contributed by atoms with Gasteiger partial charge in [0.1, 0.15) is 5.69 Å². The summed E-state index contributed by atoms with van der Waals surface area (Å²) >= 11 is 0. The summed E-state index contributed by atoms with van der Waals surface area (Å²) in [5.41, 5.74) is 3.72. The summed E-state index contributed by atoms with van der Waals surface area (Å²) in [5, 5.41) is 8.23. The molecular weight excluding hydrogens is 314 g/mol. The first-order valence-electron chi connectivity index (χ1n) is 8.00. The summed E-state index contributed by atoms with van der Waals surface area (Å²) in [7, 11) is 0. The van der Waals surface area contributed by atoms with E-state index in [0.717, 1.165) is 22.0 Å². The van der Waals surface area contributed by atoms with Gasteiger partial charge in [0.15, 0.2) is 5.82 Å². The lowest BCUT2D eigenvalue weighted by atomic mass is 10.2. The highest BCUT2D eigenvalue weighted by atomic mass is 16.2. The van der Waals surface area contributed by atoms with Crippen LogP contribution in [-0.2, 0) is 6.54 Å². The minimum Gasteiger partial charge on any atom is -0.351 e. The minimum absolute atomic E-state index is 0.206. The summed E-state index contributed by atoms with van der Waals surface area (Å²) in [6.07, 6.45) is 5.34. The van der Waals surface area contributed by atoms with E-state index < -0.39 is 0 Å². The van der Waals surface area contributed by atoms with Crippen molar-refractivity contribution < 1.29 is 4.79 Å². The fraction of sp³-hybridized carbons (Fsp3) is 0.105. The Morgan fingerprint density at radius 2 is 2.00 bits per heavy atom. The summed E-state index contributed by atoms with van der Waals surface area (Å²) in [6, 6.07) is 13.6. The molecule has 6 nitrogen and oxygen atoms in total. The quantitative estimate of drug-likeness (QED) is 0.602. The molecule has 6 heteroatoms.